The molecule has 1 heterocycles. The first-order valence-electron chi connectivity index (χ1n) is 17.9. The number of benzene rings is 8. The van der Waals surface area contributed by atoms with E-state index in [4.69, 9.17) is 9.15 Å². The van der Waals surface area contributed by atoms with Crippen molar-refractivity contribution in [3.63, 3.8) is 0 Å². The van der Waals surface area contributed by atoms with E-state index in [1.165, 1.54) is 115 Å². The summed E-state index contributed by atoms with van der Waals surface area (Å²) >= 11 is 0. The quantitative estimate of drug-likeness (QED) is 0.112. The van der Waals surface area contributed by atoms with Crippen molar-refractivity contribution < 1.29 is 9.15 Å². The third kappa shape index (κ3) is 4.77. The van der Waals surface area contributed by atoms with E-state index in [0.717, 1.165) is 28.7 Å². The van der Waals surface area contributed by atoms with Crippen LogP contribution in [0.3, 0.4) is 0 Å². The number of fused-ring (bicyclic) bond motifs is 15. The minimum Gasteiger partial charge on any atom is -0.493 e. The molecule has 0 aliphatic carbocycles. The van der Waals surface area contributed by atoms with E-state index >= 15 is 0 Å². The lowest BCUT2D eigenvalue weighted by Crippen LogP contribution is -1.98. The summed E-state index contributed by atoms with van der Waals surface area (Å²) in [5.74, 6) is 0.911. The van der Waals surface area contributed by atoms with Crippen LogP contribution in [0.4, 0.5) is 0 Å². The van der Waals surface area contributed by atoms with Crippen molar-refractivity contribution in [3.05, 3.63) is 115 Å². The lowest BCUT2D eigenvalue weighted by atomic mass is 9.90. The summed E-state index contributed by atoms with van der Waals surface area (Å²) in [5, 5.41) is 17.2. The fourth-order valence-electron chi connectivity index (χ4n) is 8.17. The molecule has 0 aliphatic heterocycles. The average molecular weight is 625 g/mol. The maximum Gasteiger partial charge on any atom is 0.139 e. The lowest BCUT2D eigenvalue weighted by molar-refractivity contribution is 0.307. The van der Waals surface area contributed by atoms with Crippen LogP contribution in [-0.4, -0.2) is 6.61 Å². The molecular formula is C46H40O2. The van der Waals surface area contributed by atoms with E-state index in [1.54, 1.807) is 0 Å². The van der Waals surface area contributed by atoms with Gasteiger partial charge in [0.05, 0.1) is 6.61 Å². The van der Waals surface area contributed by atoms with Gasteiger partial charge in [0.15, 0.2) is 0 Å². The van der Waals surface area contributed by atoms with Crippen LogP contribution in [0.1, 0.15) is 58.3 Å². The van der Waals surface area contributed by atoms with E-state index in [2.05, 4.69) is 122 Å². The second-order valence-electron chi connectivity index (χ2n) is 13.5. The molecule has 0 aliphatic rings. The maximum atomic E-state index is 6.84. The molecule has 0 amide bonds. The van der Waals surface area contributed by atoms with Crippen LogP contribution in [-0.2, 0) is 0 Å². The van der Waals surface area contributed by atoms with Gasteiger partial charge in [0, 0.05) is 33.0 Å². The third-order valence-electron chi connectivity index (χ3n) is 10.5. The largest absolute Gasteiger partial charge is 0.493 e. The second kappa shape index (κ2) is 12.2. The molecule has 0 saturated heterocycles. The fraction of sp³-hybridized carbons (Fsp3) is 0.217. The summed E-state index contributed by atoms with van der Waals surface area (Å²) in [4.78, 5) is 0. The van der Waals surface area contributed by atoms with E-state index in [1.807, 2.05) is 0 Å². The number of unbranched alkanes of at least 4 members (excludes halogenated alkanes) is 7. The number of rotatable bonds is 10. The highest BCUT2D eigenvalue weighted by molar-refractivity contribution is 6.39. The molecule has 0 N–H and O–H groups in total. The van der Waals surface area contributed by atoms with Crippen molar-refractivity contribution in [2.24, 2.45) is 0 Å². The highest BCUT2D eigenvalue weighted by atomic mass is 16.5. The first kappa shape index (κ1) is 29.1. The van der Waals surface area contributed by atoms with E-state index in [-0.39, 0.29) is 0 Å². The van der Waals surface area contributed by atoms with Crippen LogP contribution in [0.5, 0.6) is 5.75 Å². The molecule has 9 rings (SSSR count). The molecule has 1 aromatic heterocycles. The molecule has 0 radical (unpaired) electrons. The molecule has 0 atom stereocenters. The smallest absolute Gasteiger partial charge is 0.139 e. The third-order valence-corrected chi connectivity index (χ3v) is 10.5. The Morgan fingerprint density at radius 1 is 0.417 bits per heavy atom. The lowest BCUT2D eigenvalue weighted by Gasteiger charge is -2.14. The monoisotopic (exact) mass is 624 g/mol. The fourth-order valence-corrected chi connectivity index (χ4v) is 8.17. The highest BCUT2D eigenvalue weighted by Crippen LogP contribution is 2.47. The van der Waals surface area contributed by atoms with Gasteiger partial charge in [-0.1, -0.05) is 149 Å². The van der Waals surface area contributed by atoms with Gasteiger partial charge in [-0.15, -0.1) is 0 Å². The number of hydrogen-bond acceptors (Lipinski definition) is 2. The van der Waals surface area contributed by atoms with Crippen LogP contribution in [0.2, 0.25) is 0 Å². The molecule has 0 unspecified atom stereocenters. The molecule has 9 aromatic rings. The predicted octanol–water partition coefficient (Wildman–Crippen LogP) is 14.0. The van der Waals surface area contributed by atoms with Crippen molar-refractivity contribution in [1.29, 1.82) is 0 Å². The Morgan fingerprint density at radius 2 is 0.938 bits per heavy atom. The summed E-state index contributed by atoms with van der Waals surface area (Å²) in [6.45, 7) is 2.99. The molecule has 0 bridgehead atoms. The van der Waals surface area contributed by atoms with Gasteiger partial charge < -0.3 is 9.15 Å². The maximum absolute atomic E-state index is 6.84. The molecule has 0 spiro atoms. The molecule has 2 heteroatoms. The van der Waals surface area contributed by atoms with Gasteiger partial charge in [0.1, 0.15) is 16.9 Å². The molecule has 8 aromatic carbocycles. The predicted molar refractivity (Wildman–Crippen MR) is 207 cm³/mol. The Balaban J connectivity index is 1.31. The van der Waals surface area contributed by atoms with E-state index in [0.29, 0.717) is 6.61 Å². The summed E-state index contributed by atoms with van der Waals surface area (Å²) in [6, 6.07) is 42.1. The first-order valence-corrected chi connectivity index (χ1v) is 17.9. The Hall–Kier alpha value is -5.08. The van der Waals surface area contributed by atoms with Gasteiger partial charge in [-0.05, 0) is 67.0 Å². The molecule has 0 fully saturated rings. The van der Waals surface area contributed by atoms with Crippen LogP contribution in [0.25, 0.3) is 86.6 Å². The van der Waals surface area contributed by atoms with Gasteiger partial charge in [-0.25, -0.2) is 0 Å². The SMILES string of the molecule is CCCCCCCCCCOc1cc2oc3ccc4ccc5ccc6ccccc6c5c4c3c2c2c1ccc1ccc3ccccc3c12. The van der Waals surface area contributed by atoms with E-state index in [9.17, 15) is 0 Å². The topological polar surface area (TPSA) is 22.4 Å². The number of furan rings is 1. The summed E-state index contributed by atoms with van der Waals surface area (Å²) in [6.07, 6.45) is 10.2. The van der Waals surface area contributed by atoms with Crippen molar-refractivity contribution in [3.8, 4) is 5.75 Å². The zero-order valence-electron chi connectivity index (χ0n) is 27.7. The van der Waals surface area contributed by atoms with Gasteiger partial charge in [0.2, 0.25) is 0 Å². The number of ether oxygens (including phenoxy) is 1. The van der Waals surface area contributed by atoms with Gasteiger partial charge >= 0.3 is 0 Å². The van der Waals surface area contributed by atoms with Crippen LogP contribution in [0.15, 0.2) is 120 Å². The summed E-state index contributed by atoms with van der Waals surface area (Å²) in [7, 11) is 0. The summed E-state index contributed by atoms with van der Waals surface area (Å²) in [5.41, 5.74) is 1.80. The zero-order valence-corrected chi connectivity index (χ0v) is 27.7. The van der Waals surface area contributed by atoms with Gasteiger partial charge in [-0.3, -0.25) is 0 Å². The van der Waals surface area contributed by atoms with Crippen molar-refractivity contribution in [2.75, 3.05) is 6.61 Å². The normalized spacial score (nSPS) is 12.2. The van der Waals surface area contributed by atoms with E-state index < -0.39 is 0 Å². The first-order chi connectivity index (χ1) is 23.8. The molecular weight excluding hydrogens is 585 g/mol. The second-order valence-corrected chi connectivity index (χ2v) is 13.5. The van der Waals surface area contributed by atoms with Gasteiger partial charge in [0.25, 0.3) is 0 Å². The van der Waals surface area contributed by atoms with Gasteiger partial charge in [-0.2, -0.15) is 0 Å². The Bertz CT molecular complexity index is 2640. The number of hydrogen-bond donors (Lipinski definition) is 0. The standard InChI is InChI=1S/C46H40O2/c1-2-3-4-5-6-7-8-13-28-47-39-29-40-46(44-37(39)26-24-33-21-19-31-15-10-12-17-36(31)42(33)44)45-38(48-40)27-25-34-23-22-32-20-18-30-14-9-11-16-35(30)41(32)43(34)45/h9-12,14-27,29H,2-8,13,28H2,1H3. The Labute approximate surface area is 280 Å². The summed E-state index contributed by atoms with van der Waals surface area (Å²) < 4.78 is 13.5. The van der Waals surface area contributed by atoms with Crippen LogP contribution in [0, 0.1) is 0 Å². The molecule has 48 heavy (non-hydrogen) atoms. The van der Waals surface area contributed by atoms with Crippen molar-refractivity contribution >= 4 is 86.6 Å². The molecule has 236 valence electrons. The highest BCUT2D eigenvalue weighted by Gasteiger charge is 2.21. The van der Waals surface area contributed by atoms with Crippen LogP contribution < -0.4 is 4.74 Å². The molecule has 0 saturated carbocycles. The van der Waals surface area contributed by atoms with Crippen molar-refractivity contribution in [2.45, 2.75) is 58.3 Å². The Morgan fingerprint density at radius 3 is 1.62 bits per heavy atom. The van der Waals surface area contributed by atoms with Crippen LogP contribution >= 0.6 is 0 Å². The zero-order chi connectivity index (χ0) is 32.0. The minimum atomic E-state index is 0.711. The average Bonchev–Trinajstić information content (AvgIpc) is 3.52. The van der Waals surface area contributed by atoms with Crippen molar-refractivity contribution in [1.82, 2.24) is 0 Å². The molecule has 2 nitrogen and oxygen atoms in total. The minimum absolute atomic E-state index is 0.711. The Kier molecular flexibility index (Phi) is 7.38.